The monoisotopic (exact) mass is 339 g/mol. The molecule has 0 saturated carbocycles. The predicted octanol–water partition coefficient (Wildman–Crippen LogP) is 4.92. The summed E-state index contributed by atoms with van der Waals surface area (Å²) in [6, 6.07) is 8.93. The van der Waals surface area contributed by atoms with E-state index in [1.807, 2.05) is 19.1 Å². The van der Waals surface area contributed by atoms with Gasteiger partial charge < -0.3 is 10.1 Å². The second-order valence-electron chi connectivity index (χ2n) is 5.43. The summed E-state index contributed by atoms with van der Waals surface area (Å²) in [7, 11) is 0. The quantitative estimate of drug-likeness (QED) is 0.798. The first kappa shape index (κ1) is 15.6. The van der Waals surface area contributed by atoms with Gasteiger partial charge in [0, 0.05) is 24.0 Å². The molecule has 0 aromatic heterocycles. The van der Waals surface area contributed by atoms with Crippen LogP contribution >= 0.6 is 23.2 Å². The summed E-state index contributed by atoms with van der Waals surface area (Å²) < 4.78 is 19.1. The normalized spacial score (nSPS) is 14.5. The number of nitrogens with one attached hydrogen (secondary N) is 1. The van der Waals surface area contributed by atoms with Crippen LogP contribution in [0.15, 0.2) is 30.3 Å². The zero-order valence-electron chi connectivity index (χ0n) is 12.1. The number of hydrogen-bond acceptors (Lipinski definition) is 2. The Morgan fingerprint density at radius 2 is 2.05 bits per heavy atom. The molecular weight excluding hydrogens is 324 g/mol. The number of benzene rings is 2. The van der Waals surface area contributed by atoms with Crippen LogP contribution in [0, 0.1) is 5.82 Å². The van der Waals surface area contributed by atoms with Crippen molar-refractivity contribution in [3.8, 4) is 5.75 Å². The van der Waals surface area contributed by atoms with Gasteiger partial charge >= 0.3 is 0 Å². The zero-order valence-corrected chi connectivity index (χ0v) is 13.6. The standard InChI is InChI=1S/C17H16Cl2FNO/c1-10(13-7-16(20)15(19)8-14(13)18)21-9-11-2-3-17-12(6-11)4-5-22-17/h2-3,6-8,10,21H,4-5,9H2,1H3. The van der Waals surface area contributed by atoms with E-state index in [0.29, 0.717) is 17.1 Å². The van der Waals surface area contributed by atoms with Crippen molar-refractivity contribution in [1.82, 2.24) is 5.32 Å². The van der Waals surface area contributed by atoms with E-state index in [1.165, 1.54) is 23.3 Å². The van der Waals surface area contributed by atoms with Gasteiger partial charge in [0.2, 0.25) is 0 Å². The molecule has 1 aliphatic rings. The first-order chi connectivity index (χ1) is 10.5. The first-order valence-electron chi connectivity index (χ1n) is 7.17. The summed E-state index contributed by atoms with van der Waals surface area (Å²) in [6.45, 7) is 3.38. The highest BCUT2D eigenvalue weighted by Crippen LogP contribution is 2.29. The van der Waals surface area contributed by atoms with Crippen LogP contribution in [-0.2, 0) is 13.0 Å². The van der Waals surface area contributed by atoms with Crippen molar-refractivity contribution in [2.45, 2.75) is 25.9 Å². The lowest BCUT2D eigenvalue weighted by atomic mass is 10.1. The Morgan fingerprint density at radius 1 is 1.23 bits per heavy atom. The summed E-state index contributed by atoms with van der Waals surface area (Å²) in [4.78, 5) is 0. The van der Waals surface area contributed by atoms with Gasteiger partial charge in [0.25, 0.3) is 0 Å². The Labute approximate surface area is 139 Å². The third-order valence-electron chi connectivity index (χ3n) is 3.87. The molecule has 116 valence electrons. The summed E-state index contributed by atoms with van der Waals surface area (Å²) in [5.74, 6) is 0.518. The van der Waals surface area contributed by atoms with Crippen molar-refractivity contribution < 1.29 is 9.13 Å². The number of ether oxygens (including phenoxy) is 1. The number of fused-ring (bicyclic) bond motifs is 1. The molecule has 0 spiro atoms. The molecule has 1 aliphatic heterocycles. The molecule has 2 aromatic rings. The van der Waals surface area contributed by atoms with Crippen molar-refractivity contribution >= 4 is 23.2 Å². The van der Waals surface area contributed by atoms with Gasteiger partial charge in [-0.2, -0.15) is 0 Å². The van der Waals surface area contributed by atoms with E-state index in [0.717, 1.165) is 18.8 Å². The van der Waals surface area contributed by atoms with Gasteiger partial charge in [-0.3, -0.25) is 0 Å². The molecule has 0 saturated heterocycles. The Hall–Kier alpha value is -1.29. The molecule has 1 unspecified atom stereocenters. The SMILES string of the molecule is CC(NCc1ccc2c(c1)CCO2)c1cc(F)c(Cl)cc1Cl. The van der Waals surface area contributed by atoms with Gasteiger partial charge in [0.15, 0.2) is 0 Å². The smallest absolute Gasteiger partial charge is 0.142 e. The summed E-state index contributed by atoms with van der Waals surface area (Å²) >= 11 is 11.9. The minimum atomic E-state index is -0.454. The summed E-state index contributed by atoms with van der Waals surface area (Å²) in [5.41, 5.74) is 3.11. The van der Waals surface area contributed by atoms with Gasteiger partial charge in [-0.1, -0.05) is 35.3 Å². The van der Waals surface area contributed by atoms with E-state index >= 15 is 0 Å². The molecule has 3 rings (SSSR count). The van der Waals surface area contributed by atoms with Crippen LogP contribution in [0.2, 0.25) is 10.0 Å². The fourth-order valence-corrected chi connectivity index (χ4v) is 3.15. The van der Waals surface area contributed by atoms with Crippen LogP contribution in [0.1, 0.15) is 29.7 Å². The minimum Gasteiger partial charge on any atom is -0.493 e. The molecule has 0 fully saturated rings. The third-order valence-corrected chi connectivity index (χ3v) is 4.49. The highest BCUT2D eigenvalue weighted by Gasteiger charge is 2.15. The molecule has 1 N–H and O–H groups in total. The molecule has 5 heteroatoms. The van der Waals surface area contributed by atoms with Crippen LogP contribution < -0.4 is 10.1 Å². The minimum absolute atomic E-state index is 0.0413. The van der Waals surface area contributed by atoms with E-state index in [4.69, 9.17) is 27.9 Å². The van der Waals surface area contributed by atoms with Crippen LogP contribution in [-0.4, -0.2) is 6.61 Å². The van der Waals surface area contributed by atoms with Crippen LogP contribution in [0.3, 0.4) is 0 Å². The first-order valence-corrected chi connectivity index (χ1v) is 7.92. The van der Waals surface area contributed by atoms with Crippen LogP contribution in [0.5, 0.6) is 5.75 Å². The molecular formula is C17H16Cl2FNO. The summed E-state index contributed by atoms with van der Waals surface area (Å²) in [6.07, 6.45) is 0.951. The Morgan fingerprint density at radius 3 is 2.86 bits per heavy atom. The predicted molar refractivity (Wildman–Crippen MR) is 87.3 cm³/mol. The molecule has 0 radical (unpaired) electrons. The Kier molecular flexibility index (Phi) is 4.57. The molecule has 2 aromatic carbocycles. The molecule has 0 amide bonds. The maximum Gasteiger partial charge on any atom is 0.142 e. The van der Waals surface area contributed by atoms with Gasteiger partial charge in [-0.15, -0.1) is 0 Å². The molecule has 22 heavy (non-hydrogen) atoms. The second-order valence-corrected chi connectivity index (χ2v) is 6.25. The van der Waals surface area contributed by atoms with Crippen LogP contribution in [0.25, 0.3) is 0 Å². The maximum absolute atomic E-state index is 13.6. The zero-order chi connectivity index (χ0) is 15.7. The molecule has 1 heterocycles. The van der Waals surface area contributed by atoms with E-state index in [-0.39, 0.29) is 11.1 Å². The maximum atomic E-state index is 13.6. The molecule has 1 atom stereocenters. The fourth-order valence-electron chi connectivity index (χ4n) is 2.60. The van der Waals surface area contributed by atoms with Crippen molar-refractivity contribution in [3.05, 3.63) is 62.9 Å². The molecule has 0 bridgehead atoms. The summed E-state index contributed by atoms with van der Waals surface area (Å²) in [5, 5.41) is 3.87. The lowest BCUT2D eigenvalue weighted by Crippen LogP contribution is -2.18. The van der Waals surface area contributed by atoms with Gasteiger partial charge in [-0.05, 0) is 41.8 Å². The highest BCUT2D eigenvalue weighted by atomic mass is 35.5. The second kappa shape index (κ2) is 6.45. The topological polar surface area (TPSA) is 21.3 Å². The van der Waals surface area contributed by atoms with E-state index < -0.39 is 5.82 Å². The van der Waals surface area contributed by atoms with Crippen molar-refractivity contribution in [2.75, 3.05) is 6.61 Å². The van der Waals surface area contributed by atoms with Crippen LogP contribution in [0.4, 0.5) is 4.39 Å². The Balaban J connectivity index is 1.70. The third kappa shape index (κ3) is 3.22. The van der Waals surface area contributed by atoms with Gasteiger partial charge in [0.05, 0.1) is 11.6 Å². The van der Waals surface area contributed by atoms with Crippen molar-refractivity contribution in [3.63, 3.8) is 0 Å². The van der Waals surface area contributed by atoms with E-state index in [9.17, 15) is 4.39 Å². The molecule has 2 nitrogen and oxygen atoms in total. The fraction of sp³-hybridized carbons (Fsp3) is 0.294. The number of rotatable bonds is 4. The van der Waals surface area contributed by atoms with E-state index in [2.05, 4.69) is 11.4 Å². The average Bonchev–Trinajstić information content (AvgIpc) is 2.96. The van der Waals surface area contributed by atoms with Gasteiger partial charge in [-0.25, -0.2) is 4.39 Å². The van der Waals surface area contributed by atoms with E-state index in [1.54, 1.807) is 0 Å². The lowest BCUT2D eigenvalue weighted by molar-refractivity contribution is 0.357. The molecule has 0 aliphatic carbocycles. The average molecular weight is 340 g/mol. The van der Waals surface area contributed by atoms with Crippen molar-refractivity contribution in [1.29, 1.82) is 0 Å². The Bertz CT molecular complexity index is 705. The van der Waals surface area contributed by atoms with Crippen molar-refractivity contribution in [2.24, 2.45) is 0 Å². The number of hydrogen-bond donors (Lipinski definition) is 1. The lowest BCUT2D eigenvalue weighted by Gasteiger charge is -2.16. The largest absolute Gasteiger partial charge is 0.493 e. The highest BCUT2D eigenvalue weighted by molar-refractivity contribution is 6.35. The number of halogens is 3. The van der Waals surface area contributed by atoms with Gasteiger partial charge in [0.1, 0.15) is 11.6 Å².